The van der Waals surface area contributed by atoms with Crippen LogP contribution >= 0.6 is 0 Å². The van der Waals surface area contributed by atoms with Crippen LogP contribution in [0, 0.1) is 0 Å². The lowest BCUT2D eigenvalue weighted by molar-refractivity contribution is -0.136. The summed E-state index contributed by atoms with van der Waals surface area (Å²) in [5.41, 5.74) is 1.38. The van der Waals surface area contributed by atoms with Crippen molar-refractivity contribution in [2.75, 3.05) is 26.7 Å². The molecular formula is C23H28N4O3. The van der Waals surface area contributed by atoms with Gasteiger partial charge in [0.05, 0.1) is 13.7 Å². The standard InChI is InChI=1S/C23H28N4O3/c1-3-27-22(29)26(17-19-5-4-6-20(15-19)30-2)21(28)23(27)9-13-25(14-10-23)16-18-7-11-24-12-8-18/h4-8,11-12,15H,3,9-10,13-14,16-17H2,1-2H3. The summed E-state index contributed by atoms with van der Waals surface area (Å²) in [5, 5.41) is 0. The van der Waals surface area contributed by atoms with Crippen molar-refractivity contribution in [1.82, 2.24) is 19.7 Å². The summed E-state index contributed by atoms with van der Waals surface area (Å²) in [6.45, 7) is 5.15. The molecule has 1 aromatic heterocycles. The molecule has 0 bridgehead atoms. The number of nitrogens with zero attached hydrogens (tertiary/aromatic N) is 4. The van der Waals surface area contributed by atoms with E-state index in [9.17, 15) is 9.59 Å². The molecule has 30 heavy (non-hydrogen) atoms. The number of hydrogen-bond acceptors (Lipinski definition) is 5. The summed E-state index contributed by atoms with van der Waals surface area (Å²) < 4.78 is 5.28. The fraction of sp³-hybridized carbons (Fsp3) is 0.435. The van der Waals surface area contributed by atoms with Gasteiger partial charge >= 0.3 is 6.03 Å². The molecule has 3 amide bonds. The number of hydrogen-bond donors (Lipinski definition) is 0. The van der Waals surface area contributed by atoms with Crippen molar-refractivity contribution in [3.05, 3.63) is 59.9 Å². The zero-order valence-corrected chi connectivity index (χ0v) is 17.6. The Morgan fingerprint density at radius 1 is 1.03 bits per heavy atom. The van der Waals surface area contributed by atoms with Gasteiger partial charge in [0, 0.05) is 38.6 Å². The van der Waals surface area contributed by atoms with E-state index in [0.717, 1.165) is 30.9 Å². The summed E-state index contributed by atoms with van der Waals surface area (Å²) in [4.78, 5) is 36.2. The number of benzene rings is 1. The van der Waals surface area contributed by atoms with Crippen molar-refractivity contribution in [2.45, 2.75) is 38.4 Å². The number of likely N-dealkylation sites (tertiary alicyclic amines) is 1. The average Bonchev–Trinajstić information content (AvgIpc) is 2.97. The van der Waals surface area contributed by atoms with Crippen molar-refractivity contribution >= 4 is 11.9 Å². The summed E-state index contributed by atoms with van der Waals surface area (Å²) in [7, 11) is 1.61. The van der Waals surface area contributed by atoms with Crippen LogP contribution in [-0.4, -0.2) is 63.9 Å². The maximum absolute atomic E-state index is 13.5. The number of amides is 3. The van der Waals surface area contributed by atoms with Crippen molar-refractivity contribution in [2.24, 2.45) is 0 Å². The molecule has 7 nitrogen and oxygen atoms in total. The Bertz CT molecular complexity index is 910. The van der Waals surface area contributed by atoms with Crippen LogP contribution < -0.4 is 4.74 Å². The molecule has 4 rings (SSSR count). The number of aromatic nitrogens is 1. The Morgan fingerprint density at radius 3 is 2.43 bits per heavy atom. The van der Waals surface area contributed by atoms with Crippen LogP contribution in [0.5, 0.6) is 5.75 Å². The fourth-order valence-corrected chi connectivity index (χ4v) is 4.62. The van der Waals surface area contributed by atoms with Gasteiger partial charge in [-0.1, -0.05) is 12.1 Å². The topological polar surface area (TPSA) is 66.0 Å². The molecule has 2 aromatic rings. The van der Waals surface area contributed by atoms with E-state index in [1.807, 2.05) is 43.3 Å². The molecule has 2 aliphatic heterocycles. The number of carbonyl (C=O) groups excluding carboxylic acids is 2. The third-order valence-corrected chi connectivity index (χ3v) is 6.25. The number of carbonyl (C=O) groups is 2. The predicted octanol–water partition coefficient (Wildman–Crippen LogP) is 2.91. The highest BCUT2D eigenvalue weighted by atomic mass is 16.5. The van der Waals surface area contributed by atoms with Gasteiger partial charge in [-0.15, -0.1) is 0 Å². The lowest BCUT2D eigenvalue weighted by atomic mass is 9.85. The van der Waals surface area contributed by atoms with Crippen LogP contribution in [0.4, 0.5) is 4.79 Å². The van der Waals surface area contributed by atoms with E-state index in [-0.39, 0.29) is 18.5 Å². The second kappa shape index (κ2) is 8.44. The number of pyridine rings is 1. The minimum atomic E-state index is -0.723. The molecule has 0 unspecified atom stereocenters. The third-order valence-electron chi connectivity index (χ3n) is 6.25. The van der Waals surface area contributed by atoms with E-state index in [4.69, 9.17) is 4.74 Å². The normalized spacial score (nSPS) is 19.0. The highest BCUT2D eigenvalue weighted by Crippen LogP contribution is 2.38. The molecule has 1 aromatic carbocycles. The third kappa shape index (κ3) is 3.65. The number of ether oxygens (including phenoxy) is 1. The van der Waals surface area contributed by atoms with E-state index in [2.05, 4.69) is 9.88 Å². The van der Waals surface area contributed by atoms with Crippen molar-refractivity contribution < 1.29 is 14.3 Å². The molecule has 1 spiro atoms. The summed E-state index contributed by atoms with van der Waals surface area (Å²) in [5.74, 6) is 0.652. The first-order valence-electron chi connectivity index (χ1n) is 10.4. The summed E-state index contributed by atoms with van der Waals surface area (Å²) in [6, 6.07) is 11.4. The molecule has 7 heteroatoms. The number of urea groups is 1. The molecule has 0 saturated carbocycles. The SMILES string of the molecule is CCN1C(=O)N(Cc2cccc(OC)c2)C(=O)C12CCN(Cc1ccncc1)CC2. The average molecular weight is 409 g/mol. The largest absolute Gasteiger partial charge is 0.497 e. The Hall–Kier alpha value is -2.93. The Morgan fingerprint density at radius 2 is 1.77 bits per heavy atom. The number of imide groups is 1. The maximum Gasteiger partial charge on any atom is 0.327 e. The van der Waals surface area contributed by atoms with Gasteiger partial charge in [0.25, 0.3) is 5.91 Å². The minimum absolute atomic E-state index is 0.0688. The quantitative estimate of drug-likeness (QED) is 0.688. The molecule has 2 fully saturated rings. The number of piperidine rings is 1. The fourth-order valence-electron chi connectivity index (χ4n) is 4.62. The van der Waals surface area contributed by atoms with Gasteiger partial charge in [0.2, 0.25) is 0 Å². The molecule has 0 radical (unpaired) electrons. The molecule has 3 heterocycles. The maximum atomic E-state index is 13.5. The molecule has 0 atom stereocenters. The zero-order chi connectivity index (χ0) is 21.1. The van der Waals surface area contributed by atoms with Crippen LogP contribution in [0.25, 0.3) is 0 Å². The molecule has 2 aliphatic rings. The second-order valence-electron chi connectivity index (χ2n) is 7.93. The van der Waals surface area contributed by atoms with E-state index in [1.165, 1.54) is 10.5 Å². The van der Waals surface area contributed by atoms with Gasteiger partial charge in [-0.25, -0.2) is 4.79 Å². The highest BCUT2D eigenvalue weighted by molar-refractivity contribution is 6.07. The monoisotopic (exact) mass is 408 g/mol. The molecule has 0 N–H and O–H groups in total. The van der Waals surface area contributed by atoms with Gasteiger partial charge in [-0.2, -0.15) is 0 Å². The zero-order valence-electron chi connectivity index (χ0n) is 17.6. The second-order valence-corrected chi connectivity index (χ2v) is 7.93. The summed E-state index contributed by atoms with van der Waals surface area (Å²) >= 11 is 0. The van der Waals surface area contributed by atoms with Crippen LogP contribution in [0.2, 0.25) is 0 Å². The highest BCUT2D eigenvalue weighted by Gasteiger charge is 2.57. The first kappa shape index (κ1) is 20.3. The van der Waals surface area contributed by atoms with Crippen LogP contribution in [0.3, 0.4) is 0 Å². The Kier molecular flexibility index (Phi) is 5.72. The van der Waals surface area contributed by atoms with Gasteiger partial charge in [0.15, 0.2) is 0 Å². The van der Waals surface area contributed by atoms with Crippen molar-refractivity contribution in [3.8, 4) is 5.75 Å². The number of methoxy groups -OCH3 is 1. The molecule has 158 valence electrons. The Balaban J connectivity index is 1.49. The van der Waals surface area contributed by atoms with E-state index in [1.54, 1.807) is 24.4 Å². The first-order chi connectivity index (χ1) is 14.6. The lowest BCUT2D eigenvalue weighted by Crippen LogP contribution is -2.56. The van der Waals surface area contributed by atoms with E-state index < -0.39 is 5.54 Å². The molecule has 2 saturated heterocycles. The van der Waals surface area contributed by atoms with E-state index in [0.29, 0.717) is 19.4 Å². The van der Waals surface area contributed by atoms with Crippen LogP contribution in [-0.2, 0) is 17.9 Å². The van der Waals surface area contributed by atoms with Gasteiger partial charge in [0.1, 0.15) is 11.3 Å². The Labute approximate surface area is 177 Å². The van der Waals surface area contributed by atoms with Gasteiger partial charge in [-0.05, 0) is 55.2 Å². The molecular weight excluding hydrogens is 380 g/mol. The van der Waals surface area contributed by atoms with E-state index >= 15 is 0 Å². The van der Waals surface area contributed by atoms with Gasteiger partial charge in [-0.3, -0.25) is 19.6 Å². The van der Waals surface area contributed by atoms with Gasteiger partial charge < -0.3 is 9.64 Å². The predicted molar refractivity (Wildman–Crippen MR) is 113 cm³/mol. The molecule has 0 aliphatic carbocycles. The minimum Gasteiger partial charge on any atom is -0.497 e. The summed E-state index contributed by atoms with van der Waals surface area (Å²) in [6.07, 6.45) is 4.92. The van der Waals surface area contributed by atoms with Crippen LogP contribution in [0.1, 0.15) is 30.9 Å². The number of rotatable bonds is 6. The van der Waals surface area contributed by atoms with Crippen molar-refractivity contribution in [3.63, 3.8) is 0 Å². The number of likely N-dealkylation sites (N-methyl/N-ethyl adjacent to an activating group) is 1. The first-order valence-corrected chi connectivity index (χ1v) is 10.4. The van der Waals surface area contributed by atoms with Crippen LogP contribution in [0.15, 0.2) is 48.8 Å². The van der Waals surface area contributed by atoms with Crippen molar-refractivity contribution in [1.29, 1.82) is 0 Å². The lowest BCUT2D eigenvalue weighted by Gasteiger charge is -2.41. The smallest absolute Gasteiger partial charge is 0.327 e.